The molecule has 1 saturated heterocycles. The van der Waals surface area contributed by atoms with Crippen molar-refractivity contribution in [3.63, 3.8) is 0 Å². The quantitative estimate of drug-likeness (QED) is 0.160. The minimum absolute atomic E-state index is 0.133. The van der Waals surface area contributed by atoms with Gasteiger partial charge in [0, 0.05) is 43.6 Å². The van der Waals surface area contributed by atoms with E-state index in [0.29, 0.717) is 52.0 Å². The van der Waals surface area contributed by atoms with Gasteiger partial charge < -0.3 is 25.4 Å². The van der Waals surface area contributed by atoms with Gasteiger partial charge >= 0.3 is 5.97 Å². The third-order valence-electron chi connectivity index (χ3n) is 7.61. The van der Waals surface area contributed by atoms with Gasteiger partial charge in [0.15, 0.2) is 0 Å². The number of likely N-dealkylation sites (tertiary alicyclic amines) is 1. The number of anilines is 2. The van der Waals surface area contributed by atoms with Gasteiger partial charge in [-0.15, -0.1) is 0 Å². The third-order valence-corrected chi connectivity index (χ3v) is 7.61. The maximum absolute atomic E-state index is 13.2. The lowest BCUT2D eigenvalue weighted by atomic mass is 9.96. The second-order valence-electron chi connectivity index (χ2n) is 10.3. The van der Waals surface area contributed by atoms with E-state index < -0.39 is 5.97 Å². The summed E-state index contributed by atoms with van der Waals surface area (Å²) in [6.45, 7) is 4.71. The molecular formula is C32H34N4O6. The van der Waals surface area contributed by atoms with E-state index in [-0.39, 0.29) is 17.4 Å². The Kier molecular flexibility index (Phi) is 8.97. The number of carboxylic acid groups (broad SMARTS) is 1. The van der Waals surface area contributed by atoms with E-state index in [1.54, 1.807) is 44.4 Å². The molecule has 0 atom stereocenters. The first-order valence-electron chi connectivity index (χ1n) is 13.9. The average Bonchev–Trinajstić information content (AvgIpc) is 3.32. The van der Waals surface area contributed by atoms with Crippen LogP contribution < -0.4 is 16.1 Å². The SMILES string of the molecule is COC1CCN(CCONC(=O)c2ccc(N/C(=C3/C(=O)Nc4cc(C(=O)O)c(C)cc43)c3ccccc3)cc2)CC1. The number of amides is 2. The van der Waals surface area contributed by atoms with Crippen molar-refractivity contribution in [3.8, 4) is 0 Å². The molecule has 4 N–H and O–H groups in total. The molecule has 3 aromatic carbocycles. The Morgan fingerprint density at radius 3 is 2.40 bits per heavy atom. The van der Waals surface area contributed by atoms with E-state index in [1.165, 1.54) is 6.07 Å². The minimum Gasteiger partial charge on any atom is -0.478 e. The molecule has 2 aliphatic heterocycles. The molecule has 2 aliphatic rings. The van der Waals surface area contributed by atoms with Crippen molar-refractivity contribution < 1.29 is 29.1 Å². The number of methoxy groups -OCH3 is 1. The Balaban J connectivity index is 1.29. The van der Waals surface area contributed by atoms with Gasteiger partial charge in [-0.05, 0) is 67.3 Å². The smallest absolute Gasteiger partial charge is 0.336 e. The second kappa shape index (κ2) is 13.0. The topological polar surface area (TPSA) is 129 Å². The van der Waals surface area contributed by atoms with Gasteiger partial charge in [0.2, 0.25) is 0 Å². The Bertz CT molecular complexity index is 1500. The molecule has 0 radical (unpaired) electrons. The van der Waals surface area contributed by atoms with Gasteiger partial charge in [0.25, 0.3) is 11.8 Å². The van der Waals surface area contributed by atoms with Gasteiger partial charge in [-0.1, -0.05) is 30.3 Å². The van der Waals surface area contributed by atoms with E-state index in [9.17, 15) is 19.5 Å². The summed E-state index contributed by atoms with van der Waals surface area (Å²) >= 11 is 0. The predicted octanol–water partition coefficient (Wildman–Crippen LogP) is 4.40. The first kappa shape index (κ1) is 29.0. The van der Waals surface area contributed by atoms with Crippen LogP contribution >= 0.6 is 0 Å². The monoisotopic (exact) mass is 570 g/mol. The molecule has 0 unspecified atom stereocenters. The van der Waals surface area contributed by atoms with Crippen LogP contribution in [0.3, 0.4) is 0 Å². The molecule has 0 bridgehead atoms. The fourth-order valence-electron chi connectivity index (χ4n) is 5.26. The summed E-state index contributed by atoms with van der Waals surface area (Å²) in [6, 6.07) is 19.5. The van der Waals surface area contributed by atoms with E-state index >= 15 is 0 Å². The fraction of sp³-hybridized carbons (Fsp3) is 0.281. The third kappa shape index (κ3) is 6.52. The lowest BCUT2D eigenvalue weighted by Crippen LogP contribution is -2.39. The van der Waals surface area contributed by atoms with Crippen molar-refractivity contribution in [1.29, 1.82) is 0 Å². The molecule has 5 rings (SSSR count). The van der Waals surface area contributed by atoms with Gasteiger partial charge in [-0.3, -0.25) is 14.4 Å². The van der Waals surface area contributed by atoms with Crippen molar-refractivity contribution in [2.24, 2.45) is 0 Å². The summed E-state index contributed by atoms with van der Waals surface area (Å²) in [6.07, 6.45) is 2.31. The molecule has 2 amide bonds. The number of aryl methyl sites for hydroxylation is 1. The molecule has 0 spiro atoms. The molecule has 10 nitrogen and oxygen atoms in total. The highest BCUT2D eigenvalue weighted by molar-refractivity contribution is 6.37. The van der Waals surface area contributed by atoms with Gasteiger partial charge in [-0.2, -0.15) is 0 Å². The molecule has 10 heteroatoms. The zero-order valence-electron chi connectivity index (χ0n) is 23.6. The highest BCUT2D eigenvalue weighted by Crippen LogP contribution is 2.39. The number of nitrogens with one attached hydrogen (secondary N) is 3. The van der Waals surface area contributed by atoms with Crippen LogP contribution in [0.5, 0.6) is 0 Å². The molecule has 0 saturated carbocycles. The van der Waals surface area contributed by atoms with Gasteiger partial charge in [0.1, 0.15) is 0 Å². The molecule has 42 heavy (non-hydrogen) atoms. The first-order valence-corrected chi connectivity index (χ1v) is 13.9. The highest BCUT2D eigenvalue weighted by atomic mass is 16.7. The van der Waals surface area contributed by atoms with Crippen LogP contribution in [0.15, 0.2) is 66.7 Å². The first-order chi connectivity index (χ1) is 20.3. The van der Waals surface area contributed by atoms with Crippen molar-refractivity contribution in [1.82, 2.24) is 10.4 Å². The zero-order chi connectivity index (χ0) is 29.6. The molecule has 218 valence electrons. The standard InChI is InChI=1S/C32H34N4O6/c1-20-18-26-27(19-25(20)32(39)40)34-31(38)28(26)29(21-6-4-3-5-7-21)33-23-10-8-22(9-11-23)30(37)35-42-17-16-36-14-12-24(41-2)13-15-36/h3-11,18-19,24,33H,12-17H2,1-2H3,(H,34,38)(H,35,37)(H,39,40)/b29-28+. The zero-order valence-corrected chi connectivity index (χ0v) is 23.6. The Hall–Kier alpha value is -4.51. The lowest BCUT2D eigenvalue weighted by molar-refractivity contribution is -0.110. The van der Waals surface area contributed by atoms with Crippen molar-refractivity contribution in [2.75, 3.05) is 44.0 Å². The summed E-state index contributed by atoms with van der Waals surface area (Å²) in [5.41, 5.74) is 7.08. The van der Waals surface area contributed by atoms with Crippen LogP contribution in [0.25, 0.3) is 11.3 Å². The number of ether oxygens (including phenoxy) is 1. The van der Waals surface area contributed by atoms with Crippen LogP contribution in [0, 0.1) is 6.92 Å². The Morgan fingerprint density at radius 1 is 1.02 bits per heavy atom. The normalized spacial score (nSPS) is 16.5. The van der Waals surface area contributed by atoms with Crippen LogP contribution in [-0.2, 0) is 14.4 Å². The van der Waals surface area contributed by atoms with Gasteiger partial charge in [-0.25, -0.2) is 10.3 Å². The number of nitrogens with zero attached hydrogens (tertiary/aromatic N) is 1. The van der Waals surface area contributed by atoms with Crippen LogP contribution in [0.2, 0.25) is 0 Å². The van der Waals surface area contributed by atoms with E-state index in [1.807, 2.05) is 30.3 Å². The Labute approximate surface area is 244 Å². The Morgan fingerprint density at radius 2 is 1.74 bits per heavy atom. The number of benzene rings is 3. The van der Waals surface area contributed by atoms with E-state index in [4.69, 9.17) is 9.57 Å². The summed E-state index contributed by atoms with van der Waals surface area (Å²) < 4.78 is 5.40. The number of fused-ring (bicyclic) bond motifs is 1. The maximum Gasteiger partial charge on any atom is 0.336 e. The van der Waals surface area contributed by atoms with Crippen molar-refractivity contribution in [3.05, 3.63) is 94.5 Å². The molecule has 0 aliphatic carbocycles. The molecule has 1 fully saturated rings. The maximum atomic E-state index is 13.2. The minimum atomic E-state index is -1.06. The molecule has 3 aromatic rings. The molecular weight excluding hydrogens is 536 g/mol. The molecule has 2 heterocycles. The van der Waals surface area contributed by atoms with Crippen molar-refractivity contribution >= 4 is 40.4 Å². The largest absolute Gasteiger partial charge is 0.478 e. The number of carbonyl (C=O) groups excluding carboxylic acids is 2. The number of carboxylic acids is 1. The summed E-state index contributed by atoms with van der Waals surface area (Å²) in [5.74, 6) is -1.75. The summed E-state index contributed by atoms with van der Waals surface area (Å²) in [5, 5.41) is 15.7. The summed E-state index contributed by atoms with van der Waals surface area (Å²) in [4.78, 5) is 45.2. The molecule has 0 aromatic heterocycles. The number of aromatic carboxylic acids is 1. The second-order valence-corrected chi connectivity index (χ2v) is 10.3. The van der Waals surface area contributed by atoms with Gasteiger partial charge in [0.05, 0.1) is 35.2 Å². The number of hydrogen-bond donors (Lipinski definition) is 4. The van der Waals surface area contributed by atoms with E-state index in [2.05, 4.69) is 21.0 Å². The van der Waals surface area contributed by atoms with Crippen LogP contribution in [-0.4, -0.2) is 67.2 Å². The van der Waals surface area contributed by atoms with Crippen molar-refractivity contribution in [2.45, 2.75) is 25.9 Å². The fourth-order valence-corrected chi connectivity index (χ4v) is 5.26. The number of piperidine rings is 1. The highest BCUT2D eigenvalue weighted by Gasteiger charge is 2.30. The van der Waals surface area contributed by atoms with Crippen LogP contribution in [0.4, 0.5) is 11.4 Å². The summed E-state index contributed by atoms with van der Waals surface area (Å²) in [7, 11) is 1.74. The number of rotatable bonds is 10. The van der Waals surface area contributed by atoms with Crippen LogP contribution in [0.1, 0.15) is 50.2 Å². The average molecular weight is 571 g/mol. The van der Waals surface area contributed by atoms with E-state index in [0.717, 1.165) is 38.0 Å². The number of carbonyl (C=O) groups is 3. The lowest BCUT2D eigenvalue weighted by Gasteiger charge is -2.30. The number of hydrogen-bond acceptors (Lipinski definition) is 7. The predicted molar refractivity (Wildman–Crippen MR) is 160 cm³/mol. The number of hydroxylamine groups is 1.